The average molecular weight is 745 g/mol. The first-order chi connectivity index (χ1) is 28.0. The number of aromatic nitrogens is 4. The molecule has 11 rings (SSSR count). The summed E-state index contributed by atoms with van der Waals surface area (Å²) in [4.78, 5) is 18.8. The van der Waals surface area contributed by atoms with Crippen molar-refractivity contribution in [3.8, 4) is 67.5 Å². The Kier molecular flexibility index (Phi) is 7.31. The van der Waals surface area contributed by atoms with E-state index in [0.29, 0.717) is 0 Å². The summed E-state index contributed by atoms with van der Waals surface area (Å²) in [7, 11) is 6.82. The topological polar surface area (TPSA) is 94.3 Å². The molecule has 4 aromatic carbocycles. The molecule has 0 atom stereocenters. The van der Waals surface area contributed by atoms with E-state index in [1.165, 1.54) is 11.1 Å². The summed E-state index contributed by atoms with van der Waals surface area (Å²) in [5.41, 5.74) is 20.1. The smallest absolute Gasteiger partial charge is 0.119 e. The predicted molar refractivity (Wildman–Crippen MR) is 228 cm³/mol. The number of hydrogen-bond acceptors (Lipinski definition) is 6. The first-order valence-electron chi connectivity index (χ1n) is 18.9. The molecule has 7 aromatic rings. The number of allylic oxidation sites excluding steroid dienone is 1. The molecule has 0 spiro atoms. The van der Waals surface area contributed by atoms with Crippen LogP contribution in [0.5, 0.6) is 23.0 Å². The minimum Gasteiger partial charge on any atom is -0.497 e. The van der Waals surface area contributed by atoms with E-state index in [2.05, 4.69) is 94.9 Å². The van der Waals surface area contributed by atoms with Crippen molar-refractivity contribution >= 4 is 45.4 Å². The van der Waals surface area contributed by atoms with Crippen LogP contribution >= 0.6 is 0 Å². The number of methoxy groups -OCH3 is 4. The molecule has 2 aliphatic carbocycles. The van der Waals surface area contributed by atoms with Crippen LogP contribution in [0.3, 0.4) is 0 Å². The number of rotatable bonds is 6. The van der Waals surface area contributed by atoms with Gasteiger partial charge >= 0.3 is 0 Å². The van der Waals surface area contributed by atoms with Crippen LogP contribution in [0.15, 0.2) is 109 Å². The maximum Gasteiger partial charge on any atom is 0.119 e. The Labute approximate surface area is 328 Å². The molecule has 276 valence electrons. The lowest BCUT2D eigenvalue weighted by atomic mass is 9.82. The number of nitrogens with one attached hydrogen (secondary N) is 2. The zero-order chi connectivity index (χ0) is 38.4. The fraction of sp³-hybridized carbons (Fsp3) is 0.102. The van der Waals surface area contributed by atoms with Gasteiger partial charge in [0.05, 0.1) is 51.2 Å². The molecule has 0 amide bonds. The van der Waals surface area contributed by atoms with Crippen LogP contribution in [0.25, 0.3) is 89.9 Å². The Morgan fingerprint density at radius 2 is 1.00 bits per heavy atom. The molecular weight excluding hydrogens is 709 g/mol. The lowest BCUT2D eigenvalue weighted by Crippen LogP contribution is -2.05. The van der Waals surface area contributed by atoms with Gasteiger partial charge in [-0.3, -0.25) is 0 Å². The maximum absolute atomic E-state index is 5.79. The first kappa shape index (κ1) is 33.1. The van der Waals surface area contributed by atoms with E-state index in [-0.39, 0.29) is 0 Å². The largest absolute Gasteiger partial charge is 0.497 e. The molecule has 8 heteroatoms. The second-order valence-corrected chi connectivity index (χ2v) is 14.5. The van der Waals surface area contributed by atoms with Crippen molar-refractivity contribution in [2.24, 2.45) is 0 Å². The molecule has 2 N–H and O–H groups in total. The Morgan fingerprint density at radius 1 is 0.456 bits per heavy atom. The van der Waals surface area contributed by atoms with Crippen molar-refractivity contribution in [2.45, 2.75) is 6.42 Å². The maximum atomic E-state index is 5.79. The third-order valence-electron chi connectivity index (χ3n) is 11.6. The molecule has 2 aliphatic heterocycles. The molecule has 8 nitrogen and oxygen atoms in total. The summed E-state index contributed by atoms with van der Waals surface area (Å²) in [6.45, 7) is 0. The van der Waals surface area contributed by atoms with E-state index in [1.807, 2.05) is 36.4 Å². The summed E-state index contributed by atoms with van der Waals surface area (Å²) < 4.78 is 23.0. The van der Waals surface area contributed by atoms with Gasteiger partial charge in [0.15, 0.2) is 0 Å². The van der Waals surface area contributed by atoms with Crippen LogP contribution in [0, 0.1) is 0 Å². The molecule has 0 fully saturated rings. The van der Waals surface area contributed by atoms with Crippen molar-refractivity contribution in [1.82, 2.24) is 19.9 Å². The lowest BCUT2D eigenvalue weighted by Gasteiger charge is -2.21. The normalized spacial score (nSPS) is 13.1. The van der Waals surface area contributed by atoms with E-state index in [0.717, 1.165) is 130 Å². The van der Waals surface area contributed by atoms with Crippen molar-refractivity contribution in [3.05, 3.63) is 143 Å². The van der Waals surface area contributed by atoms with Crippen LogP contribution in [-0.2, 0) is 6.42 Å². The number of aromatic amines is 2. The van der Waals surface area contributed by atoms with Crippen LogP contribution in [0.4, 0.5) is 0 Å². The van der Waals surface area contributed by atoms with E-state index in [4.69, 9.17) is 28.9 Å². The number of nitrogens with zero attached hydrogens (tertiary/aromatic N) is 2. The Bertz CT molecular complexity index is 3110. The van der Waals surface area contributed by atoms with Crippen LogP contribution < -0.4 is 18.9 Å². The second kappa shape index (κ2) is 12.6. The third-order valence-corrected chi connectivity index (χ3v) is 11.6. The quantitative estimate of drug-likeness (QED) is 0.176. The minimum atomic E-state index is 0.725. The molecule has 8 bridgehead atoms. The van der Waals surface area contributed by atoms with Crippen LogP contribution in [-0.4, -0.2) is 48.4 Å². The average Bonchev–Trinajstić information content (AvgIpc) is 4.11. The van der Waals surface area contributed by atoms with Gasteiger partial charge in [-0.05, 0) is 130 Å². The molecule has 3 aromatic heterocycles. The molecule has 57 heavy (non-hydrogen) atoms. The van der Waals surface area contributed by atoms with Crippen LogP contribution in [0.2, 0.25) is 0 Å². The molecule has 4 aliphatic rings. The van der Waals surface area contributed by atoms with Gasteiger partial charge in [0, 0.05) is 56.3 Å². The van der Waals surface area contributed by atoms with Crippen LogP contribution in [0.1, 0.15) is 33.9 Å². The number of ether oxygens (including phenoxy) is 4. The lowest BCUT2D eigenvalue weighted by molar-refractivity contribution is 0.415. The molecule has 0 radical (unpaired) electrons. The van der Waals surface area contributed by atoms with Gasteiger partial charge in [0.2, 0.25) is 0 Å². The fourth-order valence-corrected chi connectivity index (χ4v) is 8.94. The van der Waals surface area contributed by atoms with Crippen molar-refractivity contribution in [2.75, 3.05) is 28.4 Å². The van der Waals surface area contributed by atoms with E-state index in [9.17, 15) is 0 Å². The van der Waals surface area contributed by atoms with E-state index < -0.39 is 0 Å². The SMILES string of the molecule is COc1cccc(-c2c3nc(c4c5nc6c(c7ccc([nH]7)c(-c7cccc(OC)c7)c7ccc2[nH]7)-c2cc(OC)ccc2C6=C5Cc2ccc(OC)cc2-4)C=C3)c1. The molecular formula is C49H36N4O4. The molecule has 0 unspecified atom stereocenters. The second-order valence-electron chi connectivity index (χ2n) is 14.5. The van der Waals surface area contributed by atoms with Crippen molar-refractivity contribution in [1.29, 1.82) is 0 Å². The number of hydrogen-bond donors (Lipinski definition) is 2. The number of fused-ring (bicyclic) bond motifs is 13. The fourth-order valence-electron chi connectivity index (χ4n) is 8.94. The highest BCUT2D eigenvalue weighted by Gasteiger charge is 2.37. The summed E-state index contributed by atoms with van der Waals surface area (Å²) in [5.74, 6) is 3.12. The summed E-state index contributed by atoms with van der Waals surface area (Å²) in [6.07, 6.45) is 4.96. The highest BCUT2D eigenvalue weighted by Crippen LogP contribution is 2.55. The minimum absolute atomic E-state index is 0.725. The van der Waals surface area contributed by atoms with E-state index >= 15 is 0 Å². The van der Waals surface area contributed by atoms with Gasteiger partial charge in [0.25, 0.3) is 0 Å². The molecule has 0 saturated heterocycles. The Morgan fingerprint density at radius 3 is 1.65 bits per heavy atom. The summed E-state index contributed by atoms with van der Waals surface area (Å²) >= 11 is 0. The van der Waals surface area contributed by atoms with Gasteiger partial charge in [0.1, 0.15) is 23.0 Å². The summed E-state index contributed by atoms with van der Waals surface area (Å²) in [6, 6.07) is 37.6. The van der Waals surface area contributed by atoms with Crippen molar-refractivity contribution in [3.63, 3.8) is 0 Å². The molecule has 0 saturated carbocycles. The first-order valence-corrected chi connectivity index (χ1v) is 18.9. The van der Waals surface area contributed by atoms with Gasteiger partial charge < -0.3 is 28.9 Å². The third kappa shape index (κ3) is 5.00. The monoisotopic (exact) mass is 744 g/mol. The highest BCUT2D eigenvalue weighted by molar-refractivity contribution is 6.17. The van der Waals surface area contributed by atoms with Gasteiger partial charge in [-0.1, -0.05) is 30.3 Å². The standard InChI is InChI=1S/C49H36N4O4/c1-54-29-9-5-7-27(21-29)43-37-15-16-38(50-37)44(28-8-6-10-30(22-28)55-2)40-18-20-42(52-40)47-35-25-32(57-4)13-14-33(35)45-36-23-26-11-12-31(56-3)24-34(26)46(48(36)53-49(45)47)41-19-17-39(43)51-41/h5-22,24-25,50,52H,23H2,1-4H3. The zero-order valence-electron chi connectivity index (χ0n) is 31.8. The molecule has 5 heterocycles. The van der Waals surface area contributed by atoms with Gasteiger partial charge in [-0.15, -0.1) is 0 Å². The zero-order valence-corrected chi connectivity index (χ0v) is 31.8. The Balaban J connectivity index is 1.35. The summed E-state index contributed by atoms with van der Waals surface area (Å²) in [5, 5.41) is 0. The number of benzene rings is 4. The van der Waals surface area contributed by atoms with Crippen molar-refractivity contribution < 1.29 is 18.9 Å². The highest BCUT2D eigenvalue weighted by atomic mass is 16.5. The van der Waals surface area contributed by atoms with E-state index in [1.54, 1.807) is 28.4 Å². The Hall–Kier alpha value is -7.32. The number of H-pyrrole nitrogens is 2. The van der Waals surface area contributed by atoms with Gasteiger partial charge in [-0.25, -0.2) is 9.97 Å². The van der Waals surface area contributed by atoms with Gasteiger partial charge in [-0.2, -0.15) is 0 Å². The predicted octanol–water partition coefficient (Wildman–Crippen LogP) is 11.0.